The van der Waals surface area contributed by atoms with Crippen LogP contribution in [0.4, 0.5) is 8.78 Å². The zero-order valence-corrected chi connectivity index (χ0v) is 11.3. The summed E-state index contributed by atoms with van der Waals surface area (Å²) < 4.78 is 27.2. The van der Waals surface area contributed by atoms with Crippen LogP contribution in [-0.2, 0) is 4.84 Å². The van der Waals surface area contributed by atoms with Crippen LogP contribution in [0.25, 0.3) is 0 Å². The second kappa shape index (κ2) is 5.85. The minimum absolute atomic E-state index is 0.166. The molecule has 1 saturated heterocycles. The van der Waals surface area contributed by atoms with E-state index in [9.17, 15) is 13.6 Å². The van der Waals surface area contributed by atoms with Crippen molar-refractivity contribution in [1.29, 1.82) is 0 Å². The van der Waals surface area contributed by atoms with Gasteiger partial charge in [-0.2, -0.15) is 0 Å². The lowest BCUT2D eigenvalue weighted by atomic mass is 9.90. The second-order valence-electron chi connectivity index (χ2n) is 5.16. The van der Waals surface area contributed by atoms with Gasteiger partial charge < -0.3 is 10.6 Å². The largest absolute Gasteiger partial charge is 0.363 e. The van der Waals surface area contributed by atoms with Crippen molar-refractivity contribution < 1.29 is 18.4 Å². The number of alkyl halides is 2. The minimum Gasteiger partial charge on any atom is -0.363 e. The summed E-state index contributed by atoms with van der Waals surface area (Å²) in [6.07, 6.45) is -0.242. The van der Waals surface area contributed by atoms with Gasteiger partial charge in [-0.25, -0.2) is 13.6 Å². The SMILES string of the molecule is CC1CC(F)(F)CN(OC(=O)c2ccccc2)C1CN. The molecule has 20 heavy (non-hydrogen) atoms. The van der Waals surface area contributed by atoms with Gasteiger partial charge in [-0.15, -0.1) is 5.06 Å². The number of nitrogens with zero attached hydrogens (tertiary/aromatic N) is 1. The lowest BCUT2D eigenvalue weighted by Crippen LogP contribution is -2.55. The molecule has 2 unspecified atom stereocenters. The lowest BCUT2D eigenvalue weighted by Gasteiger charge is -2.41. The molecule has 1 aliphatic heterocycles. The normalized spacial score (nSPS) is 26.2. The third kappa shape index (κ3) is 3.32. The van der Waals surface area contributed by atoms with Crippen LogP contribution in [0, 0.1) is 5.92 Å². The number of benzene rings is 1. The first-order chi connectivity index (χ1) is 9.43. The van der Waals surface area contributed by atoms with Crippen molar-refractivity contribution in [1.82, 2.24) is 5.06 Å². The smallest absolute Gasteiger partial charge is 0.357 e. The molecule has 0 aromatic heterocycles. The molecule has 1 fully saturated rings. The molecule has 2 N–H and O–H groups in total. The first kappa shape index (κ1) is 14.9. The van der Waals surface area contributed by atoms with Gasteiger partial charge in [0.15, 0.2) is 0 Å². The van der Waals surface area contributed by atoms with Crippen molar-refractivity contribution in [2.24, 2.45) is 11.7 Å². The fourth-order valence-corrected chi connectivity index (χ4v) is 2.48. The Hall–Kier alpha value is -1.53. The van der Waals surface area contributed by atoms with Crippen molar-refractivity contribution >= 4 is 5.97 Å². The van der Waals surface area contributed by atoms with E-state index in [0.29, 0.717) is 5.56 Å². The molecule has 1 aromatic rings. The van der Waals surface area contributed by atoms with Gasteiger partial charge in [0, 0.05) is 13.0 Å². The number of hydrogen-bond donors (Lipinski definition) is 1. The number of hydrogen-bond acceptors (Lipinski definition) is 4. The van der Waals surface area contributed by atoms with Crippen LogP contribution < -0.4 is 5.73 Å². The molecule has 1 heterocycles. The second-order valence-corrected chi connectivity index (χ2v) is 5.16. The van der Waals surface area contributed by atoms with E-state index in [-0.39, 0.29) is 24.9 Å². The van der Waals surface area contributed by atoms with Crippen LogP contribution in [0.1, 0.15) is 23.7 Å². The molecule has 0 aliphatic carbocycles. The summed E-state index contributed by atoms with van der Waals surface area (Å²) in [5.74, 6) is -3.86. The van der Waals surface area contributed by atoms with E-state index >= 15 is 0 Å². The van der Waals surface area contributed by atoms with Crippen molar-refractivity contribution in [3.05, 3.63) is 35.9 Å². The van der Waals surface area contributed by atoms with E-state index in [1.54, 1.807) is 37.3 Å². The van der Waals surface area contributed by atoms with Gasteiger partial charge >= 0.3 is 5.97 Å². The Balaban J connectivity index is 2.11. The number of carbonyl (C=O) groups is 1. The summed E-state index contributed by atoms with van der Waals surface area (Å²) >= 11 is 0. The highest BCUT2D eigenvalue weighted by atomic mass is 19.3. The average molecular weight is 284 g/mol. The minimum atomic E-state index is -2.87. The van der Waals surface area contributed by atoms with Crippen molar-refractivity contribution in [3.63, 3.8) is 0 Å². The molecular formula is C14H18F2N2O2. The Labute approximate surface area is 116 Å². The van der Waals surface area contributed by atoms with Crippen molar-refractivity contribution in [3.8, 4) is 0 Å². The van der Waals surface area contributed by atoms with Gasteiger partial charge in [-0.3, -0.25) is 0 Å². The van der Waals surface area contributed by atoms with Gasteiger partial charge in [0.25, 0.3) is 5.92 Å². The molecule has 0 amide bonds. The Bertz CT molecular complexity index is 468. The van der Waals surface area contributed by atoms with Gasteiger partial charge in [-0.05, 0) is 18.1 Å². The zero-order chi connectivity index (χ0) is 14.8. The number of halogens is 2. The summed E-state index contributed by atoms with van der Waals surface area (Å²) in [6, 6.07) is 7.89. The number of hydroxylamine groups is 2. The van der Waals surface area contributed by atoms with E-state index in [1.807, 2.05) is 0 Å². The molecule has 2 rings (SSSR count). The highest BCUT2D eigenvalue weighted by Crippen LogP contribution is 2.34. The Kier molecular flexibility index (Phi) is 4.35. The third-order valence-corrected chi connectivity index (χ3v) is 3.49. The lowest BCUT2D eigenvalue weighted by molar-refractivity contribution is -0.221. The molecule has 1 aromatic carbocycles. The third-order valence-electron chi connectivity index (χ3n) is 3.49. The van der Waals surface area contributed by atoms with Crippen LogP contribution in [0.2, 0.25) is 0 Å². The molecule has 1 aliphatic rings. The van der Waals surface area contributed by atoms with Gasteiger partial charge in [0.1, 0.15) is 0 Å². The molecule has 110 valence electrons. The fraction of sp³-hybridized carbons (Fsp3) is 0.500. The maximum Gasteiger partial charge on any atom is 0.357 e. The van der Waals surface area contributed by atoms with Crippen LogP contribution in [0.5, 0.6) is 0 Å². The highest BCUT2D eigenvalue weighted by molar-refractivity contribution is 5.89. The molecular weight excluding hydrogens is 266 g/mol. The number of nitrogens with two attached hydrogens (primary N) is 1. The predicted molar refractivity (Wildman–Crippen MR) is 70.1 cm³/mol. The van der Waals surface area contributed by atoms with Crippen LogP contribution in [0.15, 0.2) is 30.3 Å². The summed E-state index contributed by atoms with van der Waals surface area (Å²) in [6.45, 7) is 1.24. The Morgan fingerprint density at radius 3 is 2.70 bits per heavy atom. The summed E-state index contributed by atoms with van der Waals surface area (Å²) in [7, 11) is 0. The Morgan fingerprint density at radius 2 is 2.10 bits per heavy atom. The van der Waals surface area contributed by atoms with Crippen LogP contribution in [0.3, 0.4) is 0 Å². The topological polar surface area (TPSA) is 55.6 Å². The standard InChI is InChI=1S/C14H18F2N2O2/c1-10-7-14(15,16)9-18(12(10)8-17)20-13(19)11-5-3-2-4-6-11/h2-6,10,12H,7-9,17H2,1H3. The monoisotopic (exact) mass is 284 g/mol. The predicted octanol–water partition coefficient (Wildman–Crippen LogP) is 2.06. The van der Waals surface area contributed by atoms with E-state index < -0.39 is 18.4 Å². The molecule has 0 spiro atoms. The molecule has 6 heteroatoms. The quantitative estimate of drug-likeness (QED) is 0.923. The van der Waals surface area contributed by atoms with Crippen LogP contribution in [-0.4, -0.2) is 36.1 Å². The summed E-state index contributed by atoms with van der Waals surface area (Å²) in [5.41, 5.74) is 5.93. The Morgan fingerprint density at radius 1 is 1.45 bits per heavy atom. The fourth-order valence-electron chi connectivity index (χ4n) is 2.48. The van der Waals surface area contributed by atoms with Gasteiger partial charge in [-0.1, -0.05) is 25.1 Å². The molecule has 2 atom stereocenters. The summed E-state index contributed by atoms with van der Waals surface area (Å²) in [5, 5.41) is 1.03. The van der Waals surface area contributed by atoms with E-state index in [1.165, 1.54) is 0 Å². The highest BCUT2D eigenvalue weighted by Gasteiger charge is 2.45. The average Bonchev–Trinajstić information content (AvgIpc) is 2.38. The summed E-state index contributed by atoms with van der Waals surface area (Å²) in [4.78, 5) is 17.1. The van der Waals surface area contributed by atoms with Crippen molar-refractivity contribution in [2.45, 2.75) is 25.3 Å². The molecule has 0 radical (unpaired) electrons. The maximum absolute atomic E-state index is 13.6. The molecule has 0 bridgehead atoms. The van der Waals surface area contributed by atoms with Gasteiger partial charge in [0.05, 0.1) is 18.2 Å². The first-order valence-electron chi connectivity index (χ1n) is 6.55. The number of carbonyl (C=O) groups excluding carboxylic acids is 1. The number of piperidine rings is 1. The number of rotatable bonds is 3. The molecule has 0 saturated carbocycles. The van der Waals surface area contributed by atoms with Crippen molar-refractivity contribution in [2.75, 3.05) is 13.1 Å². The molecule has 4 nitrogen and oxygen atoms in total. The first-order valence-corrected chi connectivity index (χ1v) is 6.55. The van der Waals surface area contributed by atoms with E-state index in [0.717, 1.165) is 5.06 Å². The van der Waals surface area contributed by atoms with E-state index in [4.69, 9.17) is 10.6 Å². The van der Waals surface area contributed by atoms with E-state index in [2.05, 4.69) is 0 Å². The van der Waals surface area contributed by atoms with Crippen LogP contribution >= 0.6 is 0 Å². The maximum atomic E-state index is 13.6. The van der Waals surface area contributed by atoms with Gasteiger partial charge in [0.2, 0.25) is 0 Å². The zero-order valence-electron chi connectivity index (χ0n) is 11.3.